The molecule has 24 rings (SSSR count). The van der Waals surface area contributed by atoms with Crippen LogP contribution in [0.4, 0.5) is 0 Å². The zero-order valence-corrected chi connectivity index (χ0v) is 56.0. The van der Waals surface area contributed by atoms with Crippen molar-refractivity contribution in [1.29, 1.82) is 0 Å². The number of aliphatic hydroxyl groups is 19. The number of benzene rings is 3. The summed E-state index contributed by atoms with van der Waals surface area (Å²) in [4.78, 5) is 26.3. The third kappa shape index (κ3) is 15.7. The minimum Gasteiger partial charge on any atom is -0.394 e. The van der Waals surface area contributed by atoms with Gasteiger partial charge in [0.05, 0.1) is 56.0 Å². The Balaban J connectivity index is 0.954. The van der Waals surface area contributed by atoms with Crippen LogP contribution in [0.1, 0.15) is 31.8 Å². The van der Waals surface area contributed by atoms with Gasteiger partial charge in [-0.2, -0.15) is 16.8 Å². The molecule has 21 aliphatic rings. The number of ether oxygens (including phenoxy) is 14. The third-order valence-electron chi connectivity index (χ3n) is 19.4. The fourth-order valence-corrected chi connectivity index (χ4v) is 15.8. The van der Waals surface area contributed by atoms with Gasteiger partial charge in [0.1, 0.15) is 159 Å². The van der Waals surface area contributed by atoms with Crippen LogP contribution in [0, 0.1) is 0 Å². The maximum absolute atomic E-state index is 14.5. The van der Waals surface area contributed by atoms with E-state index in [1.165, 1.54) is 24.3 Å². The standard InChI is InChI=1S/C62H80O41S2/c63-13-26-47-35(72)40(77)57(88-26)96-49-28(15-65)90-59(42(79)37(49)74)98-52-31(18-68)93-62-54(45(52)82)102-104(84,85)24-9-5-22(6-10-24)33(70)20-1-3-21(4-2-20)34(71)23-7-11-25(12-8-23)105(86,87)103-55-46(83)53(99-60-44(81)39(76)51(101-62)30(17-67)92-60)32(19-69)94-61(55)100-50-29(16-66)91-58(43(80)38(50)75)97-48-27(14-64)89-56(95-47)41(78)36(48)73/h1-12,26-32,35-69,72-83H,13-19H2/t26-,27-,28-,29-,30-,31-,32-,35-,36-,37-,38+,39+,40-,41+,42-,43+,44+,45-,46+,47-,48-,49-,50+,51+,52-,53+,54-,55+,56+,57+,58+,59+,60+,61+,62+/m1/s1. The Morgan fingerprint density at radius 1 is 0.229 bits per heavy atom. The smallest absolute Gasteiger partial charge is 0.297 e. The van der Waals surface area contributed by atoms with Crippen molar-refractivity contribution in [2.45, 2.75) is 225 Å². The van der Waals surface area contributed by atoms with Crippen LogP contribution in [0.2, 0.25) is 0 Å². The first-order chi connectivity index (χ1) is 50.0. The zero-order chi connectivity index (χ0) is 75.6. The van der Waals surface area contributed by atoms with Gasteiger partial charge in [-0.05, 0) is 48.5 Å². The van der Waals surface area contributed by atoms with Crippen LogP contribution in [0.3, 0.4) is 0 Å². The van der Waals surface area contributed by atoms with E-state index < -0.39 is 303 Å². The Hall–Kier alpha value is -4.50. The molecule has 15 saturated heterocycles. The molecule has 41 nitrogen and oxygen atoms in total. The van der Waals surface area contributed by atoms with Crippen LogP contribution in [-0.4, -0.2) is 387 Å². The molecule has 0 radical (unpaired) electrons. The lowest BCUT2D eigenvalue weighted by Crippen LogP contribution is -2.68. The monoisotopic (exact) mass is 1540 g/mol. The Morgan fingerprint density at radius 3 is 0.600 bits per heavy atom. The van der Waals surface area contributed by atoms with Crippen molar-refractivity contribution >= 4 is 31.8 Å². The number of hydrogen-bond acceptors (Lipinski definition) is 41. The first kappa shape index (κ1) is 80.0. The topological polar surface area (TPSA) is 634 Å². The summed E-state index contributed by atoms with van der Waals surface area (Å²) in [5, 5.41) is 217. The van der Waals surface area contributed by atoms with Gasteiger partial charge in [0.15, 0.2) is 67.8 Å². The number of carbonyl (C=O) groups is 2. The van der Waals surface area contributed by atoms with E-state index in [1.807, 2.05) is 0 Å². The number of carbonyl (C=O) groups excluding carboxylic acids is 2. The normalized spacial score (nSPS) is 45.6. The van der Waals surface area contributed by atoms with E-state index in [-0.39, 0.29) is 22.3 Å². The lowest BCUT2D eigenvalue weighted by atomic mass is 9.95. The minimum atomic E-state index is -5.34. The molecule has 0 saturated carbocycles. The molecule has 3 aromatic carbocycles. The summed E-state index contributed by atoms with van der Waals surface area (Å²) in [5.74, 6) is -1.45. The summed E-state index contributed by atoms with van der Waals surface area (Å²) in [6.45, 7) is -8.49. The number of aliphatic hydroxyl groups excluding tert-OH is 19. The van der Waals surface area contributed by atoms with E-state index in [4.69, 9.17) is 74.7 Å². The van der Waals surface area contributed by atoms with Crippen LogP contribution >= 0.6 is 0 Å². The molecular weight excluding hydrogens is 1460 g/mol. The second-order valence-corrected chi connectivity index (χ2v) is 29.1. The van der Waals surface area contributed by atoms with E-state index in [2.05, 4.69) is 0 Å². The average molecular weight is 1550 g/mol. The van der Waals surface area contributed by atoms with Gasteiger partial charge in [-0.1, -0.05) is 24.3 Å². The van der Waals surface area contributed by atoms with Gasteiger partial charge in [-0.3, -0.25) is 18.0 Å². The molecule has 21 aliphatic heterocycles. The molecule has 0 amide bonds. The highest BCUT2D eigenvalue weighted by atomic mass is 32.2. The van der Waals surface area contributed by atoms with Gasteiger partial charge < -0.3 is 163 Å². The van der Waals surface area contributed by atoms with Crippen molar-refractivity contribution in [3.05, 3.63) is 95.1 Å². The summed E-state index contributed by atoms with van der Waals surface area (Å²) in [7, 11) is -10.7. The molecule has 0 unspecified atom stereocenters. The molecule has 15 fully saturated rings. The van der Waals surface area contributed by atoms with E-state index in [0.717, 1.165) is 48.5 Å². The predicted molar refractivity (Wildman–Crippen MR) is 327 cm³/mol. The van der Waals surface area contributed by atoms with E-state index in [1.54, 1.807) is 0 Å². The molecule has 35 atom stereocenters. The number of fused-ring (bicyclic) bond motifs is 8. The molecule has 0 aliphatic carbocycles. The van der Waals surface area contributed by atoms with Gasteiger partial charge in [-0.25, -0.2) is 0 Å². The van der Waals surface area contributed by atoms with Crippen molar-refractivity contribution in [2.24, 2.45) is 0 Å². The average Bonchev–Trinajstić information content (AvgIpc) is 0.817. The first-order valence-corrected chi connectivity index (χ1v) is 35.7. The van der Waals surface area contributed by atoms with Gasteiger partial charge in [0, 0.05) is 22.3 Å². The molecule has 43 heteroatoms. The Bertz CT molecular complexity index is 3620. The van der Waals surface area contributed by atoms with E-state index >= 15 is 0 Å². The molecule has 0 spiro atoms. The van der Waals surface area contributed by atoms with Crippen molar-refractivity contribution in [3.63, 3.8) is 0 Å². The third-order valence-corrected chi connectivity index (χ3v) is 22.1. The fourth-order valence-electron chi connectivity index (χ4n) is 13.6. The van der Waals surface area contributed by atoms with Crippen LogP contribution < -0.4 is 0 Å². The highest BCUT2D eigenvalue weighted by molar-refractivity contribution is 7.87. The SMILES string of the molecule is O=C1c2ccc(cc2)C(=O)c2ccc(cc2)S(=O)(=O)O[C@H]2[C@@H]3O[C@@H]4[C@@H](O)[C@H](O)[C@H](O[C@@H]5[C@H](O)[C@H](OS(=O)(=O)c6ccc1cc6)[C@H](O[C@@H]1[C@@H](O)[C@H](O)[C@H](O[C@H]6[C@H](O)[C@H](O)[C@H](O[C@H]7[C@H](O)[C@@H](O)[C@H](O[C@H]8[C@H](O)[C@@H](O)[C@H](O[C@@H]([C@H]2O)[C@@H](CO)O3)O[C@@H]8CO)O[C@@H]7CO)O[C@@H]6CO)O[C@@H]1CO)O[C@@H]5CO)O[C@@H]4CO. The van der Waals surface area contributed by atoms with Gasteiger partial charge in [0.2, 0.25) is 0 Å². The predicted octanol–water partition coefficient (Wildman–Crippen LogP) is -11.6. The Labute approximate surface area is 593 Å². The highest BCUT2D eigenvalue weighted by Gasteiger charge is 2.61. The molecule has 19 N–H and O–H groups in total. The minimum absolute atomic E-state index is 0.0411. The van der Waals surface area contributed by atoms with Gasteiger partial charge >= 0.3 is 0 Å². The summed E-state index contributed by atoms with van der Waals surface area (Å²) in [6, 6.07) is 12.7. The lowest BCUT2D eigenvalue weighted by molar-refractivity contribution is -0.396. The molecule has 3 aromatic rings. The summed E-state index contributed by atoms with van der Waals surface area (Å²) in [6.07, 6.45) is -78.7. The molecule has 21 heterocycles. The maximum Gasteiger partial charge on any atom is 0.297 e. The molecule has 22 bridgehead atoms. The Kier molecular flexibility index (Phi) is 25.0. The van der Waals surface area contributed by atoms with Crippen molar-refractivity contribution in [3.8, 4) is 0 Å². The number of hydrogen-bond donors (Lipinski definition) is 19. The summed E-state index contributed by atoms with van der Waals surface area (Å²) < 4.78 is 152. The maximum atomic E-state index is 14.5. The summed E-state index contributed by atoms with van der Waals surface area (Å²) in [5.41, 5.74) is -0.375. The second kappa shape index (κ2) is 32.8. The van der Waals surface area contributed by atoms with Crippen molar-refractivity contribution < 1.29 is 198 Å². The molecular formula is C62H80O41S2. The van der Waals surface area contributed by atoms with E-state index in [0.29, 0.717) is 0 Å². The molecule has 105 heavy (non-hydrogen) atoms. The zero-order valence-electron chi connectivity index (χ0n) is 54.4. The van der Waals surface area contributed by atoms with Crippen LogP contribution in [-0.2, 0) is 94.9 Å². The number of ketones is 2. The van der Waals surface area contributed by atoms with E-state index in [9.17, 15) is 123 Å². The quantitative estimate of drug-likeness (QED) is 0.0977. The fraction of sp³-hybridized carbons (Fsp3) is 0.677. The molecule has 0 aromatic heterocycles. The van der Waals surface area contributed by atoms with Crippen molar-refractivity contribution in [2.75, 3.05) is 46.2 Å². The van der Waals surface area contributed by atoms with Gasteiger partial charge in [0.25, 0.3) is 20.2 Å². The number of rotatable bonds is 7. The largest absolute Gasteiger partial charge is 0.394 e. The molecule has 586 valence electrons. The van der Waals surface area contributed by atoms with Crippen LogP contribution in [0.15, 0.2) is 82.6 Å². The second-order valence-electron chi connectivity index (χ2n) is 26.0. The van der Waals surface area contributed by atoms with Crippen molar-refractivity contribution in [1.82, 2.24) is 0 Å². The lowest BCUT2D eigenvalue weighted by Gasteiger charge is -2.50. The first-order valence-electron chi connectivity index (χ1n) is 32.9. The summed E-state index contributed by atoms with van der Waals surface area (Å²) >= 11 is 0. The van der Waals surface area contributed by atoms with Gasteiger partial charge in [-0.15, -0.1) is 0 Å². The Morgan fingerprint density at radius 2 is 0.400 bits per heavy atom. The van der Waals surface area contributed by atoms with Crippen LogP contribution in [0.25, 0.3) is 0 Å². The van der Waals surface area contributed by atoms with Crippen LogP contribution in [0.5, 0.6) is 0 Å². The highest BCUT2D eigenvalue weighted by Crippen LogP contribution is 2.41.